The van der Waals surface area contributed by atoms with Gasteiger partial charge in [-0.05, 0) is 154 Å². The highest BCUT2D eigenvalue weighted by Gasteiger charge is 2.30. The molecule has 17 nitrogen and oxygen atoms in total. The minimum Gasteiger partial charge on any atom is -0.462 e. The van der Waals surface area contributed by atoms with Crippen LogP contribution in [0.5, 0.6) is 0 Å². The highest BCUT2D eigenvalue weighted by molar-refractivity contribution is 7.47. The van der Waals surface area contributed by atoms with Crippen molar-refractivity contribution in [1.29, 1.82) is 0 Å². The molecule has 0 aromatic carbocycles. The predicted octanol–water partition coefficient (Wildman–Crippen LogP) is 24.7. The number of rotatable bonds is 78. The molecule has 5 atom stereocenters. The summed E-state index contributed by atoms with van der Waals surface area (Å²) in [6, 6.07) is 0. The second-order valence-corrected chi connectivity index (χ2v) is 30.6. The quantitative estimate of drug-likeness (QED) is 0.0169. The summed E-state index contributed by atoms with van der Waals surface area (Å²) in [6.07, 6.45) is 87.4. The monoisotopic (exact) mass is 1530 g/mol. The van der Waals surface area contributed by atoms with Crippen LogP contribution in [0.2, 0.25) is 0 Å². The number of phosphoric acid groups is 2. The molecule has 0 aliphatic heterocycles. The Balaban J connectivity index is 5.42. The minimum absolute atomic E-state index is 0.0712. The maximum Gasteiger partial charge on any atom is 0.472 e. The SMILES string of the molecule is CC/C=C\C/C=C\C/C=C\C/C=C\C/C=C\CCCC(=O)OCC(COP(=O)(O)OCC(O)COP(=O)(O)OCC(COC(=O)CCCCCCCC/C=C\C/C=C\C/C=C\CCCCC)OC(=O)CCCCCCC/C=C\CCCCCCCC)OC(=O)CCCCCCC/C=C\CCCCCCCC. The van der Waals surface area contributed by atoms with Crippen LogP contribution in [0.15, 0.2) is 122 Å². The van der Waals surface area contributed by atoms with Crippen LogP contribution in [0.3, 0.4) is 0 Å². The lowest BCUT2D eigenvalue weighted by Crippen LogP contribution is -2.30. The van der Waals surface area contributed by atoms with Crippen molar-refractivity contribution in [3.8, 4) is 0 Å². The fraction of sp³-hybridized carbons (Fsp3) is 0.724. The van der Waals surface area contributed by atoms with E-state index in [1.807, 2.05) is 12.2 Å². The molecule has 0 fully saturated rings. The number of hydrogen-bond acceptors (Lipinski definition) is 15. The summed E-state index contributed by atoms with van der Waals surface area (Å²) >= 11 is 0. The topological polar surface area (TPSA) is 237 Å². The molecule has 0 aliphatic rings. The maximum atomic E-state index is 13.1. The number of unbranched alkanes of at least 4 members (excludes halogenated alkanes) is 32. The lowest BCUT2D eigenvalue weighted by Gasteiger charge is -2.21. The molecule has 0 bridgehead atoms. The molecule has 0 rings (SSSR count). The van der Waals surface area contributed by atoms with Gasteiger partial charge in [0.1, 0.15) is 19.3 Å². The Labute approximate surface area is 644 Å². The van der Waals surface area contributed by atoms with Crippen molar-refractivity contribution in [2.75, 3.05) is 39.6 Å². The van der Waals surface area contributed by atoms with Gasteiger partial charge in [-0.25, -0.2) is 9.13 Å². The van der Waals surface area contributed by atoms with Gasteiger partial charge in [0, 0.05) is 25.7 Å². The van der Waals surface area contributed by atoms with Crippen molar-refractivity contribution in [1.82, 2.24) is 0 Å². The summed E-state index contributed by atoms with van der Waals surface area (Å²) in [5.41, 5.74) is 0. The first-order chi connectivity index (χ1) is 51.7. The molecule has 0 aromatic rings. The Kier molecular flexibility index (Phi) is 75.2. The van der Waals surface area contributed by atoms with Crippen LogP contribution in [-0.2, 0) is 65.4 Å². The molecule has 106 heavy (non-hydrogen) atoms. The smallest absolute Gasteiger partial charge is 0.462 e. The summed E-state index contributed by atoms with van der Waals surface area (Å²) in [4.78, 5) is 73.1. The second kappa shape index (κ2) is 78.6. The van der Waals surface area contributed by atoms with Crippen LogP contribution < -0.4 is 0 Å². The number of hydrogen-bond donors (Lipinski definition) is 3. The molecule has 0 amide bonds. The Morgan fingerprint density at radius 3 is 0.821 bits per heavy atom. The minimum atomic E-state index is -5.00. The van der Waals surface area contributed by atoms with Gasteiger partial charge in [0.25, 0.3) is 0 Å². The van der Waals surface area contributed by atoms with Crippen molar-refractivity contribution in [2.45, 2.75) is 367 Å². The Morgan fingerprint density at radius 2 is 0.500 bits per heavy atom. The molecular weight excluding hydrogens is 1380 g/mol. The molecule has 3 N–H and O–H groups in total. The summed E-state index contributed by atoms with van der Waals surface area (Å²) in [7, 11) is -9.99. The number of aliphatic hydroxyl groups excluding tert-OH is 1. The molecule has 0 aromatic heterocycles. The third-order valence-electron chi connectivity index (χ3n) is 17.4. The number of carbonyl (C=O) groups is 4. The summed E-state index contributed by atoms with van der Waals surface area (Å²) in [6.45, 7) is 4.67. The zero-order valence-electron chi connectivity index (χ0n) is 66.8. The average molecular weight is 1530 g/mol. The van der Waals surface area contributed by atoms with Crippen LogP contribution >= 0.6 is 15.6 Å². The van der Waals surface area contributed by atoms with Crippen LogP contribution in [0.4, 0.5) is 0 Å². The van der Waals surface area contributed by atoms with E-state index in [0.29, 0.717) is 32.1 Å². The number of carbonyl (C=O) groups excluding carboxylic acids is 4. The predicted molar refractivity (Wildman–Crippen MR) is 436 cm³/mol. The lowest BCUT2D eigenvalue weighted by molar-refractivity contribution is -0.161. The van der Waals surface area contributed by atoms with E-state index in [1.54, 1.807) is 0 Å². The van der Waals surface area contributed by atoms with E-state index in [4.69, 9.17) is 37.0 Å². The molecule has 0 heterocycles. The van der Waals surface area contributed by atoms with Crippen LogP contribution in [-0.4, -0.2) is 96.7 Å². The Hall–Kier alpha value is -4.54. The number of ether oxygens (including phenoxy) is 4. The molecule has 0 saturated heterocycles. The number of allylic oxidation sites excluding steroid dienone is 20. The van der Waals surface area contributed by atoms with Gasteiger partial charge in [-0.15, -0.1) is 0 Å². The highest BCUT2D eigenvalue weighted by atomic mass is 31.2. The Morgan fingerprint density at radius 1 is 0.274 bits per heavy atom. The zero-order chi connectivity index (χ0) is 77.4. The van der Waals surface area contributed by atoms with Gasteiger partial charge in [0.05, 0.1) is 26.4 Å². The highest BCUT2D eigenvalue weighted by Crippen LogP contribution is 2.45. The third-order valence-corrected chi connectivity index (χ3v) is 19.3. The van der Waals surface area contributed by atoms with E-state index in [9.17, 15) is 43.2 Å². The van der Waals surface area contributed by atoms with Gasteiger partial charge in [-0.1, -0.05) is 290 Å². The van der Waals surface area contributed by atoms with E-state index < -0.39 is 97.5 Å². The normalized spacial score (nSPS) is 14.4. The molecule has 0 spiro atoms. The van der Waals surface area contributed by atoms with Crippen LogP contribution in [0, 0.1) is 0 Å². The van der Waals surface area contributed by atoms with Crippen molar-refractivity contribution in [2.24, 2.45) is 0 Å². The van der Waals surface area contributed by atoms with Crippen LogP contribution in [0.1, 0.15) is 349 Å². The lowest BCUT2D eigenvalue weighted by atomic mass is 10.1. The zero-order valence-corrected chi connectivity index (χ0v) is 68.6. The first-order valence-electron chi connectivity index (χ1n) is 41.8. The van der Waals surface area contributed by atoms with Gasteiger partial charge >= 0.3 is 39.5 Å². The molecule has 0 saturated carbocycles. The Bertz CT molecular complexity index is 2480. The van der Waals surface area contributed by atoms with Crippen molar-refractivity contribution in [3.05, 3.63) is 122 Å². The van der Waals surface area contributed by atoms with Crippen molar-refractivity contribution >= 4 is 39.5 Å². The molecular formula is C87H150O17P2. The second-order valence-electron chi connectivity index (χ2n) is 27.7. The number of phosphoric ester groups is 2. The van der Waals surface area contributed by atoms with E-state index in [0.717, 1.165) is 167 Å². The van der Waals surface area contributed by atoms with E-state index in [2.05, 4.69) is 137 Å². The molecule has 19 heteroatoms. The molecule has 0 aliphatic carbocycles. The van der Waals surface area contributed by atoms with Crippen molar-refractivity contribution in [3.63, 3.8) is 0 Å². The summed E-state index contributed by atoms with van der Waals surface area (Å²) in [5.74, 6) is -2.26. The van der Waals surface area contributed by atoms with Crippen LogP contribution in [0.25, 0.3) is 0 Å². The largest absolute Gasteiger partial charge is 0.472 e. The average Bonchev–Trinajstić information content (AvgIpc) is 0.928. The van der Waals surface area contributed by atoms with Gasteiger partial charge in [-0.3, -0.25) is 37.3 Å². The standard InChI is InChI=1S/C87H150O17P2/c1-5-9-13-17-21-25-29-33-37-39-40-42-46-48-52-56-60-64-68-72-85(90)98-78-83(104-87(92)74-70-66-62-58-54-50-44-36-32-28-24-20-16-12-8-4)80-102-106(95,96)100-76-81(88)75-99-105(93,94)101-79-82(103-86(91)73-69-65-61-57-53-49-43-35-31-27-23-19-15-11-7-3)77-97-84(89)71-67-63-59-55-51-47-45-41-38-34-30-26-22-18-14-10-6-2/h10,14,21-22,25-26,33-38,40,42-45,47,55,59,81-83,88H,5-9,11-13,15-20,23-24,27-32,39,41,46,48-54,56-58,60-80H2,1-4H3,(H,93,94)(H,95,96)/b14-10-,25-21-,26-22-,37-33-,38-34-,42-40-,43-35-,44-36-,47-45-,59-55-. The van der Waals surface area contributed by atoms with Gasteiger partial charge < -0.3 is 33.8 Å². The maximum absolute atomic E-state index is 13.1. The summed E-state index contributed by atoms with van der Waals surface area (Å²) < 4.78 is 68.7. The third kappa shape index (κ3) is 77.6. The first-order valence-corrected chi connectivity index (χ1v) is 44.8. The van der Waals surface area contributed by atoms with Gasteiger partial charge in [-0.2, -0.15) is 0 Å². The fourth-order valence-electron chi connectivity index (χ4n) is 11.0. The molecule has 610 valence electrons. The summed E-state index contributed by atoms with van der Waals surface area (Å²) in [5, 5.41) is 10.7. The van der Waals surface area contributed by atoms with Crippen molar-refractivity contribution < 1.29 is 80.2 Å². The van der Waals surface area contributed by atoms with E-state index in [1.165, 1.54) is 96.3 Å². The fourth-order valence-corrected chi connectivity index (χ4v) is 12.6. The van der Waals surface area contributed by atoms with Gasteiger partial charge in [0.2, 0.25) is 0 Å². The van der Waals surface area contributed by atoms with E-state index in [-0.39, 0.29) is 25.7 Å². The number of esters is 4. The first kappa shape index (κ1) is 101. The number of aliphatic hydroxyl groups is 1. The molecule has 0 radical (unpaired) electrons. The van der Waals surface area contributed by atoms with E-state index >= 15 is 0 Å². The van der Waals surface area contributed by atoms with Gasteiger partial charge in [0.15, 0.2) is 12.2 Å². The molecule has 5 unspecified atom stereocenters.